The fourth-order valence-corrected chi connectivity index (χ4v) is 3.96. The van der Waals surface area contributed by atoms with Gasteiger partial charge in [0.25, 0.3) is 11.6 Å². The predicted molar refractivity (Wildman–Crippen MR) is 113 cm³/mol. The highest BCUT2D eigenvalue weighted by Gasteiger charge is 2.38. The van der Waals surface area contributed by atoms with Gasteiger partial charge in [0, 0.05) is 17.8 Å². The van der Waals surface area contributed by atoms with E-state index in [9.17, 15) is 19.7 Å². The van der Waals surface area contributed by atoms with E-state index < -0.39 is 16.9 Å². The molecule has 9 heteroatoms. The average molecular weight is 413 g/mol. The topological polar surface area (TPSA) is 92.5 Å². The van der Waals surface area contributed by atoms with Crippen LogP contribution in [0.1, 0.15) is 12.5 Å². The molecule has 1 fully saturated rings. The number of carbonyl (C=O) groups excluding carboxylic acids is 2. The van der Waals surface area contributed by atoms with Crippen LogP contribution < -0.4 is 5.32 Å². The molecule has 1 aliphatic heterocycles. The third-order valence-electron chi connectivity index (χ3n) is 4.03. The minimum absolute atomic E-state index is 0.0750. The number of thioether (sulfide) groups is 1. The van der Waals surface area contributed by atoms with E-state index >= 15 is 0 Å². The average Bonchev–Trinajstić information content (AvgIpc) is 2.95. The molecule has 28 heavy (non-hydrogen) atoms. The molecule has 0 spiro atoms. The van der Waals surface area contributed by atoms with Crippen molar-refractivity contribution in [2.45, 2.75) is 13.0 Å². The monoisotopic (exact) mass is 413 g/mol. The first-order valence-corrected chi connectivity index (χ1v) is 9.46. The van der Waals surface area contributed by atoms with Crippen LogP contribution in [0.3, 0.4) is 0 Å². The maximum Gasteiger partial charge on any atom is 0.269 e. The third-order valence-corrected chi connectivity index (χ3v) is 5.36. The minimum atomic E-state index is -0.829. The first kappa shape index (κ1) is 19.7. The molecule has 2 aromatic rings. The van der Waals surface area contributed by atoms with Gasteiger partial charge in [-0.2, -0.15) is 0 Å². The highest BCUT2D eigenvalue weighted by Crippen LogP contribution is 2.34. The lowest BCUT2D eigenvalue weighted by Crippen LogP contribution is -2.44. The van der Waals surface area contributed by atoms with Crippen molar-refractivity contribution in [1.82, 2.24) is 4.90 Å². The molecule has 0 radical (unpaired) electrons. The number of nitrogens with one attached hydrogen (secondary N) is 1. The van der Waals surface area contributed by atoms with Crippen LogP contribution in [0.5, 0.6) is 0 Å². The lowest BCUT2D eigenvalue weighted by atomic mass is 10.2. The Morgan fingerprint density at radius 1 is 1.21 bits per heavy atom. The molecule has 2 amide bonds. The summed E-state index contributed by atoms with van der Waals surface area (Å²) in [6, 6.07) is 14.0. The van der Waals surface area contributed by atoms with Crippen molar-refractivity contribution in [2.75, 3.05) is 5.32 Å². The van der Waals surface area contributed by atoms with Crippen molar-refractivity contribution in [3.05, 3.63) is 75.2 Å². The second-order valence-electron chi connectivity index (χ2n) is 5.93. The highest BCUT2D eigenvalue weighted by atomic mass is 32.2. The number of nitro groups is 1. The Kier molecular flexibility index (Phi) is 5.86. The van der Waals surface area contributed by atoms with Crippen LogP contribution in [-0.2, 0) is 9.59 Å². The van der Waals surface area contributed by atoms with Crippen LogP contribution in [0.2, 0.25) is 0 Å². The number of amides is 2. The Morgan fingerprint density at radius 2 is 1.86 bits per heavy atom. The zero-order valence-corrected chi connectivity index (χ0v) is 16.3. The number of anilines is 1. The van der Waals surface area contributed by atoms with E-state index in [4.69, 9.17) is 12.2 Å². The Hall–Kier alpha value is -3.04. The van der Waals surface area contributed by atoms with Gasteiger partial charge in [-0.15, -0.1) is 0 Å². The molecule has 0 bridgehead atoms. The first-order valence-electron chi connectivity index (χ1n) is 8.24. The van der Waals surface area contributed by atoms with Crippen LogP contribution in [-0.4, -0.2) is 32.0 Å². The summed E-state index contributed by atoms with van der Waals surface area (Å²) >= 11 is 6.44. The Labute approximate surface area is 170 Å². The maximum atomic E-state index is 12.7. The Balaban J connectivity index is 1.72. The molecule has 1 heterocycles. The molecule has 0 saturated carbocycles. The van der Waals surface area contributed by atoms with Crippen LogP contribution in [0.25, 0.3) is 6.08 Å². The van der Waals surface area contributed by atoms with E-state index in [-0.39, 0.29) is 11.6 Å². The molecule has 7 nitrogen and oxygen atoms in total. The summed E-state index contributed by atoms with van der Waals surface area (Å²) in [6.45, 7) is 1.58. The number of benzene rings is 2. The summed E-state index contributed by atoms with van der Waals surface area (Å²) in [5.41, 5.74) is 1.19. The summed E-state index contributed by atoms with van der Waals surface area (Å²) < 4.78 is 0.304. The van der Waals surface area contributed by atoms with Crippen molar-refractivity contribution in [2.24, 2.45) is 0 Å². The second kappa shape index (κ2) is 8.32. The molecule has 1 saturated heterocycles. The van der Waals surface area contributed by atoms with E-state index in [0.717, 1.165) is 17.3 Å². The van der Waals surface area contributed by atoms with Gasteiger partial charge in [-0.1, -0.05) is 54.3 Å². The van der Waals surface area contributed by atoms with Crippen molar-refractivity contribution in [1.29, 1.82) is 0 Å². The number of thiocarbonyl (C=S) groups is 1. The minimum Gasteiger partial charge on any atom is -0.324 e. The zero-order chi connectivity index (χ0) is 20.3. The van der Waals surface area contributed by atoms with Crippen molar-refractivity contribution >= 4 is 57.6 Å². The summed E-state index contributed by atoms with van der Waals surface area (Å²) in [5.74, 6) is -0.767. The number of nitrogens with zero attached hydrogens (tertiary/aromatic N) is 2. The van der Waals surface area contributed by atoms with Gasteiger partial charge >= 0.3 is 0 Å². The van der Waals surface area contributed by atoms with Crippen LogP contribution >= 0.6 is 24.0 Å². The van der Waals surface area contributed by atoms with Crippen LogP contribution in [0.15, 0.2) is 59.5 Å². The Bertz CT molecular complexity index is 974. The molecule has 1 N–H and O–H groups in total. The summed E-state index contributed by atoms with van der Waals surface area (Å²) in [7, 11) is 0. The van der Waals surface area contributed by atoms with Gasteiger partial charge in [-0.25, -0.2) is 0 Å². The molecule has 3 rings (SSSR count). The third kappa shape index (κ3) is 4.26. The number of hydrogen-bond acceptors (Lipinski definition) is 6. The largest absolute Gasteiger partial charge is 0.324 e. The predicted octanol–water partition coefficient (Wildman–Crippen LogP) is 3.82. The lowest BCUT2D eigenvalue weighted by Gasteiger charge is -2.22. The second-order valence-corrected chi connectivity index (χ2v) is 7.61. The van der Waals surface area contributed by atoms with E-state index in [1.165, 1.54) is 29.2 Å². The molecule has 0 aromatic heterocycles. The van der Waals surface area contributed by atoms with Gasteiger partial charge in [0.2, 0.25) is 5.91 Å². The number of nitro benzene ring substituents is 1. The van der Waals surface area contributed by atoms with E-state index in [1.807, 2.05) is 30.3 Å². The van der Waals surface area contributed by atoms with Crippen LogP contribution in [0.4, 0.5) is 11.4 Å². The van der Waals surface area contributed by atoms with Crippen molar-refractivity contribution < 1.29 is 14.5 Å². The molecule has 1 atom stereocenters. The molecule has 1 unspecified atom stereocenters. The van der Waals surface area contributed by atoms with E-state index in [0.29, 0.717) is 14.9 Å². The van der Waals surface area contributed by atoms with E-state index in [1.54, 1.807) is 13.0 Å². The number of rotatable bonds is 5. The lowest BCUT2D eigenvalue weighted by molar-refractivity contribution is -0.384. The SMILES string of the molecule is CC(C(=O)Nc1ccc([N+](=O)[O-])cc1)N1C(=O)/C(=C/c2ccccc2)SC1=S. The first-order chi connectivity index (χ1) is 13.4. The normalized spacial score (nSPS) is 16.3. The standard InChI is InChI=1S/C19H15N3O4S2/c1-12(17(23)20-14-7-9-15(10-8-14)22(25)26)21-18(24)16(28-19(21)27)11-13-5-3-2-4-6-13/h2-12H,1H3,(H,20,23)/b16-11-. The maximum absolute atomic E-state index is 12.7. The van der Waals surface area contributed by atoms with Gasteiger partial charge in [-0.05, 0) is 30.7 Å². The molecule has 142 valence electrons. The van der Waals surface area contributed by atoms with Gasteiger partial charge < -0.3 is 5.32 Å². The molecule has 0 aliphatic carbocycles. The molecular formula is C19H15N3O4S2. The van der Waals surface area contributed by atoms with Gasteiger partial charge in [0.05, 0.1) is 9.83 Å². The quantitative estimate of drug-likeness (QED) is 0.347. The summed E-state index contributed by atoms with van der Waals surface area (Å²) in [4.78, 5) is 37.2. The van der Waals surface area contributed by atoms with Crippen molar-refractivity contribution in [3.63, 3.8) is 0 Å². The fourth-order valence-electron chi connectivity index (χ4n) is 2.54. The number of carbonyl (C=O) groups is 2. The fraction of sp³-hybridized carbons (Fsp3) is 0.105. The Morgan fingerprint density at radius 3 is 2.46 bits per heavy atom. The van der Waals surface area contributed by atoms with Crippen LogP contribution in [0, 0.1) is 10.1 Å². The molecular weight excluding hydrogens is 398 g/mol. The zero-order valence-electron chi connectivity index (χ0n) is 14.7. The number of non-ortho nitro benzene ring substituents is 1. The number of hydrogen-bond donors (Lipinski definition) is 1. The highest BCUT2D eigenvalue weighted by molar-refractivity contribution is 8.26. The van der Waals surface area contributed by atoms with Crippen molar-refractivity contribution in [3.8, 4) is 0 Å². The van der Waals surface area contributed by atoms with Gasteiger partial charge in [-0.3, -0.25) is 24.6 Å². The summed E-state index contributed by atoms with van der Waals surface area (Å²) in [5, 5.41) is 13.3. The van der Waals surface area contributed by atoms with E-state index in [2.05, 4.69) is 5.32 Å². The summed E-state index contributed by atoms with van der Waals surface area (Å²) in [6.07, 6.45) is 1.74. The molecule has 2 aromatic carbocycles. The molecule has 1 aliphatic rings. The smallest absolute Gasteiger partial charge is 0.269 e. The van der Waals surface area contributed by atoms with Gasteiger partial charge in [0.15, 0.2) is 0 Å². The van der Waals surface area contributed by atoms with Gasteiger partial charge in [0.1, 0.15) is 10.4 Å².